The zero-order valence-corrected chi connectivity index (χ0v) is 15.4. The number of hydrogen-bond acceptors (Lipinski definition) is 2. The molecular formula is C20H20ClNOS. The molecule has 0 aliphatic carbocycles. The van der Waals surface area contributed by atoms with E-state index in [0.717, 1.165) is 11.1 Å². The third kappa shape index (κ3) is 6.70. The minimum absolute atomic E-state index is 0.0281. The smallest absolute Gasteiger partial charge is 0.225 e. The van der Waals surface area contributed by atoms with Gasteiger partial charge in [0, 0.05) is 20.7 Å². The van der Waals surface area contributed by atoms with Crippen LogP contribution in [0.25, 0.3) is 0 Å². The second-order valence-electron chi connectivity index (χ2n) is 5.58. The highest BCUT2D eigenvalue weighted by atomic mass is 35.5. The summed E-state index contributed by atoms with van der Waals surface area (Å²) < 4.78 is 0. The molecule has 0 spiro atoms. The minimum Gasteiger partial charge on any atom is -0.345 e. The number of carbonyl (C=O) groups is 1. The van der Waals surface area contributed by atoms with Gasteiger partial charge in [-0.1, -0.05) is 55.5 Å². The second-order valence-corrected chi connectivity index (χ2v) is 7.66. The summed E-state index contributed by atoms with van der Waals surface area (Å²) in [4.78, 5) is 13.2. The Labute approximate surface area is 153 Å². The van der Waals surface area contributed by atoms with Gasteiger partial charge in [-0.2, -0.15) is 0 Å². The quantitative estimate of drug-likeness (QED) is 0.628. The summed E-state index contributed by atoms with van der Waals surface area (Å²) >= 11 is 7.71. The van der Waals surface area contributed by atoms with Crippen molar-refractivity contribution < 1.29 is 4.79 Å². The third-order valence-electron chi connectivity index (χ3n) is 3.09. The first-order chi connectivity index (χ1) is 11.5. The monoisotopic (exact) mass is 357 g/mol. The van der Waals surface area contributed by atoms with E-state index in [1.165, 1.54) is 4.90 Å². The molecule has 1 amide bonds. The fourth-order valence-electron chi connectivity index (χ4n) is 2.06. The SMILES string of the molecule is CC(C)Sc1ccc(CC(=O)NCC#Cc2cccc(Cl)c2)cc1. The Morgan fingerprint density at radius 1 is 1.21 bits per heavy atom. The molecule has 2 rings (SSSR count). The van der Waals surface area contributed by atoms with Crippen LogP contribution in [0.1, 0.15) is 25.0 Å². The molecular weight excluding hydrogens is 338 g/mol. The fourth-order valence-corrected chi connectivity index (χ4v) is 3.09. The van der Waals surface area contributed by atoms with Crippen LogP contribution in [0.3, 0.4) is 0 Å². The van der Waals surface area contributed by atoms with Crippen LogP contribution >= 0.6 is 23.4 Å². The predicted molar refractivity (Wildman–Crippen MR) is 102 cm³/mol. The highest BCUT2D eigenvalue weighted by molar-refractivity contribution is 7.99. The van der Waals surface area contributed by atoms with Crippen molar-refractivity contribution in [2.75, 3.05) is 6.54 Å². The molecule has 4 heteroatoms. The Morgan fingerprint density at radius 3 is 2.62 bits per heavy atom. The first-order valence-electron chi connectivity index (χ1n) is 7.79. The Hall–Kier alpha value is -1.89. The number of nitrogens with one attached hydrogen (secondary N) is 1. The van der Waals surface area contributed by atoms with Crippen molar-refractivity contribution in [3.8, 4) is 11.8 Å². The Bertz CT molecular complexity index is 744. The fraction of sp³-hybridized carbons (Fsp3) is 0.250. The lowest BCUT2D eigenvalue weighted by molar-refractivity contribution is -0.120. The van der Waals surface area contributed by atoms with Gasteiger partial charge < -0.3 is 5.32 Å². The minimum atomic E-state index is -0.0281. The summed E-state index contributed by atoms with van der Waals surface area (Å²) in [6.07, 6.45) is 0.367. The molecule has 0 aliphatic heterocycles. The van der Waals surface area contributed by atoms with E-state index in [0.29, 0.717) is 23.2 Å². The average molecular weight is 358 g/mol. The van der Waals surface area contributed by atoms with Gasteiger partial charge in [0.2, 0.25) is 5.91 Å². The number of thioether (sulfide) groups is 1. The van der Waals surface area contributed by atoms with E-state index in [4.69, 9.17) is 11.6 Å². The maximum absolute atomic E-state index is 11.9. The largest absolute Gasteiger partial charge is 0.345 e. The lowest BCUT2D eigenvalue weighted by Gasteiger charge is -2.06. The second kappa shape index (κ2) is 9.42. The van der Waals surface area contributed by atoms with E-state index in [1.54, 1.807) is 12.1 Å². The summed E-state index contributed by atoms with van der Waals surface area (Å²) in [6, 6.07) is 15.5. The van der Waals surface area contributed by atoms with Crippen LogP contribution < -0.4 is 5.32 Å². The average Bonchev–Trinajstić information content (AvgIpc) is 2.53. The van der Waals surface area contributed by atoms with E-state index in [-0.39, 0.29) is 5.91 Å². The van der Waals surface area contributed by atoms with Gasteiger partial charge in [0.15, 0.2) is 0 Å². The van der Waals surface area contributed by atoms with Crippen LogP contribution in [0.15, 0.2) is 53.4 Å². The van der Waals surface area contributed by atoms with Crippen LogP contribution in [-0.2, 0) is 11.2 Å². The number of rotatable bonds is 5. The van der Waals surface area contributed by atoms with Gasteiger partial charge in [-0.25, -0.2) is 0 Å². The van der Waals surface area contributed by atoms with E-state index in [2.05, 4.69) is 43.1 Å². The van der Waals surface area contributed by atoms with Crippen molar-refractivity contribution in [3.05, 3.63) is 64.7 Å². The third-order valence-corrected chi connectivity index (χ3v) is 4.34. The van der Waals surface area contributed by atoms with Crippen LogP contribution in [0.2, 0.25) is 5.02 Å². The van der Waals surface area contributed by atoms with Gasteiger partial charge >= 0.3 is 0 Å². The number of amides is 1. The van der Waals surface area contributed by atoms with Crippen LogP contribution in [0.5, 0.6) is 0 Å². The zero-order valence-electron chi connectivity index (χ0n) is 13.8. The molecule has 0 heterocycles. The van der Waals surface area contributed by atoms with Crippen molar-refractivity contribution in [2.45, 2.75) is 30.4 Å². The molecule has 0 aliphatic rings. The first-order valence-corrected chi connectivity index (χ1v) is 9.05. The number of halogens is 1. The van der Waals surface area contributed by atoms with Crippen LogP contribution in [-0.4, -0.2) is 17.7 Å². The predicted octanol–water partition coefficient (Wildman–Crippen LogP) is 4.55. The van der Waals surface area contributed by atoms with Gasteiger partial charge in [-0.05, 0) is 35.9 Å². The van der Waals surface area contributed by atoms with E-state index in [1.807, 2.05) is 36.0 Å². The van der Waals surface area contributed by atoms with Gasteiger partial charge in [0.05, 0.1) is 13.0 Å². The first kappa shape index (κ1) is 18.4. The molecule has 2 aromatic carbocycles. The van der Waals surface area contributed by atoms with Gasteiger partial charge in [-0.3, -0.25) is 4.79 Å². The normalized spacial score (nSPS) is 10.2. The van der Waals surface area contributed by atoms with E-state index < -0.39 is 0 Å². The van der Waals surface area contributed by atoms with Crippen molar-refractivity contribution in [1.29, 1.82) is 0 Å². The molecule has 0 saturated carbocycles. The summed E-state index contributed by atoms with van der Waals surface area (Å²) in [5, 5.41) is 4.02. The molecule has 0 radical (unpaired) electrons. The molecule has 0 fully saturated rings. The Balaban J connectivity index is 1.79. The molecule has 0 bridgehead atoms. The van der Waals surface area contributed by atoms with Gasteiger partial charge in [0.1, 0.15) is 0 Å². The Kier molecular flexibility index (Phi) is 7.24. The topological polar surface area (TPSA) is 29.1 Å². The van der Waals surface area contributed by atoms with Crippen LogP contribution in [0, 0.1) is 11.8 Å². The van der Waals surface area contributed by atoms with Crippen molar-refractivity contribution in [1.82, 2.24) is 5.32 Å². The lowest BCUT2D eigenvalue weighted by Crippen LogP contribution is -2.25. The summed E-state index contributed by atoms with van der Waals surface area (Å²) in [6.45, 7) is 4.65. The van der Waals surface area contributed by atoms with Crippen molar-refractivity contribution in [3.63, 3.8) is 0 Å². The van der Waals surface area contributed by atoms with E-state index in [9.17, 15) is 4.79 Å². The number of benzene rings is 2. The van der Waals surface area contributed by atoms with E-state index >= 15 is 0 Å². The molecule has 24 heavy (non-hydrogen) atoms. The van der Waals surface area contributed by atoms with Gasteiger partial charge in [0.25, 0.3) is 0 Å². The van der Waals surface area contributed by atoms with Crippen molar-refractivity contribution in [2.24, 2.45) is 0 Å². The molecule has 2 nitrogen and oxygen atoms in total. The molecule has 2 aromatic rings. The Morgan fingerprint density at radius 2 is 1.96 bits per heavy atom. The molecule has 124 valence electrons. The maximum atomic E-state index is 11.9. The lowest BCUT2D eigenvalue weighted by atomic mass is 10.1. The highest BCUT2D eigenvalue weighted by Crippen LogP contribution is 2.22. The molecule has 0 atom stereocenters. The standard InChI is InChI=1S/C20H20ClNOS/c1-15(2)24-19-10-8-17(9-11-19)14-20(23)22-12-4-6-16-5-3-7-18(21)13-16/h3,5,7-11,13,15H,12,14H2,1-2H3,(H,22,23). The molecule has 0 unspecified atom stereocenters. The number of carbonyl (C=O) groups excluding carboxylic acids is 1. The van der Waals surface area contributed by atoms with Gasteiger partial charge in [-0.15, -0.1) is 11.8 Å². The highest BCUT2D eigenvalue weighted by Gasteiger charge is 2.03. The summed E-state index contributed by atoms with van der Waals surface area (Å²) in [5.74, 6) is 5.88. The molecule has 1 N–H and O–H groups in total. The zero-order chi connectivity index (χ0) is 17.4. The molecule has 0 aromatic heterocycles. The van der Waals surface area contributed by atoms with Crippen LogP contribution in [0.4, 0.5) is 0 Å². The van der Waals surface area contributed by atoms with Crippen molar-refractivity contribution >= 4 is 29.3 Å². The summed E-state index contributed by atoms with van der Waals surface area (Å²) in [5.41, 5.74) is 1.85. The summed E-state index contributed by atoms with van der Waals surface area (Å²) in [7, 11) is 0. The molecule has 0 saturated heterocycles. The maximum Gasteiger partial charge on any atom is 0.225 e. The number of hydrogen-bond donors (Lipinski definition) is 1.